The van der Waals surface area contributed by atoms with E-state index < -0.39 is 0 Å². The van der Waals surface area contributed by atoms with Gasteiger partial charge >= 0.3 is 0 Å². The van der Waals surface area contributed by atoms with Crippen molar-refractivity contribution >= 4 is 17.0 Å². The van der Waals surface area contributed by atoms with E-state index in [1.807, 2.05) is 18.2 Å². The zero-order valence-electron chi connectivity index (χ0n) is 18.3. The third-order valence-electron chi connectivity index (χ3n) is 5.40. The summed E-state index contributed by atoms with van der Waals surface area (Å²) in [6, 6.07) is 14.4. The van der Waals surface area contributed by atoms with Gasteiger partial charge in [0.2, 0.25) is 0 Å². The molecule has 1 fully saturated rings. The van der Waals surface area contributed by atoms with Gasteiger partial charge in [-0.05, 0) is 37.1 Å². The molecule has 7 heteroatoms. The molecule has 1 saturated heterocycles. The number of H-pyrrole nitrogens is 1. The summed E-state index contributed by atoms with van der Waals surface area (Å²) in [5, 5.41) is 6.78. The molecule has 0 amide bonds. The van der Waals surface area contributed by atoms with E-state index in [9.17, 15) is 0 Å². The third-order valence-corrected chi connectivity index (χ3v) is 5.40. The molecular weight excluding hydrogens is 390 g/mol. The molecule has 1 aromatic heterocycles. The number of imidazole rings is 1. The highest BCUT2D eigenvalue weighted by Crippen LogP contribution is 2.23. The minimum Gasteiger partial charge on any atom is -0.488 e. The Morgan fingerprint density at radius 2 is 2.16 bits per heavy atom. The smallest absolute Gasteiger partial charge is 0.191 e. The SMILES string of the molecule is CN=C(NCCCc1nc2ccccc2[nH]1)NCc1ccc(C)cc1OC1CCOC1. The maximum Gasteiger partial charge on any atom is 0.191 e. The molecule has 0 aliphatic carbocycles. The lowest BCUT2D eigenvalue weighted by Crippen LogP contribution is -2.37. The Morgan fingerprint density at radius 3 is 2.97 bits per heavy atom. The number of benzene rings is 2. The van der Waals surface area contributed by atoms with Crippen molar-refractivity contribution in [2.75, 3.05) is 26.8 Å². The van der Waals surface area contributed by atoms with Crippen LogP contribution in [0.25, 0.3) is 11.0 Å². The average Bonchev–Trinajstić information content (AvgIpc) is 3.43. The largest absolute Gasteiger partial charge is 0.488 e. The second-order valence-corrected chi connectivity index (χ2v) is 7.87. The topological polar surface area (TPSA) is 83.6 Å². The highest BCUT2D eigenvalue weighted by atomic mass is 16.5. The predicted octanol–water partition coefficient (Wildman–Crippen LogP) is 3.34. The first kappa shape index (κ1) is 21.2. The summed E-state index contributed by atoms with van der Waals surface area (Å²) in [5.41, 5.74) is 4.40. The van der Waals surface area contributed by atoms with Crippen LogP contribution < -0.4 is 15.4 Å². The van der Waals surface area contributed by atoms with Gasteiger partial charge in [-0.1, -0.05) is 24.3 Å². The predicted molar refractivity (Wildman–Crippen MR) is 124 cm³/mol. The van der Waals surface area contributed by atoms with Gasteiger partial charge in [0.15, 0.2) is 5.96 Å². The lowest BCUT2D eigenvalue weighted by molar-refractivity contribution is 0.140. The molecule has 0 saturated carbocycles. The van der Waals surface area contributed by atoms with Gasteiger partial charge in [0.1, 0.15) is 17.7 Å². The molecule has 3 aromatic rings. The number of nitrogens with zero attached hydrogens (tertiary/aromatic N) is 2. The van der Waals surface area contributed by atoms with Gasteiger partial charge in [0, 0.05) is 38.5 Å². The Labute approximate surface area is 183 Å². The highest BCUT2D eigenvalue weighted by molar-refractivity contribution is 5.79. The van der Waals surface area contributed by atoms with Crippen molar-refractivity contribution in [3.05, 3.63) is 59.4 Å². The van der Waals surface area contributed by atoms with E-state index in [1.165, 1.54) is 5.56 Å². The molecule has 3 N–H and O–H groups in total. The molecule has 1 unspecified atom stereocenters. The minimum absolute atomic E-state index is 0.135. The summed E-state index contributed by atoms with van der Waals surface area (Å²) in [6.07, 6.45) is 2.92. The van der Waals surface area contributed by atoms with E-state index in [-0.39, 0.29) is 6.10 Å². The fourth-order valence-corrected chi connectivity index (χ4v) is 3.69. The van der Waals surface area contributed by atoms with Gasteiger partial charge < -0.3 is 25.1 Å². The number of rotatable bonds is 8. The molecule has 1 atom stereocenters. The van der Waals surface area contributed by atoms with Crippen LogP contribution in [0.4, 0.5) is 0 Å². The van der Waals surface area contributed by atoms with Crippen LogP contribution in [0.2, 0.25) is 0 Å². The van der Waals surface area contributed by atoms with E-state index in [0.717, 1.165) is 66.5 Å². The normalized spacial score (nSPS) is 16.6. The second-order valence-electron chi connectivity index (χ2n) is 7.87. The maximum atomic E-state index is 6.19. The first-order valence-corrected chi connectivity index (χ1v) is 10.9. The van der Waals surface area contributed by atoms with Crippen LogP contribution in [0.1, 0.15) is 29.8 Å². The Hall–Kier alpha value is -3.06. The van der Waals surface area contributed by atoms with Gasteiger partial charge in [-0.3, -0.25) is 4.99 Å². The molecule has 4 rings (SSSR count). The number of aromatic amines is 1. The molecule has 0 radical (unpaired) electrons. The zero-order valence-corrected chi connectivity index (χ0v) is 18.3. The standard InChI is InChI=1S/C24H31N5O2/c1-17-9-10-18(22(14-17)31-19-11-13-30-16-19)15-27-24(25-2)26-12-5-8-23-28-20-6-3-4-7-21(20)29-23/h3-4,6-7,9-10,14,19H,5,8,11-13,15-16H2,1-2H3,(H,28,29)(H2,25,26,27). The Bertz CT molecular complexity index is 991. The molecule has 0 spiro atoms. The van der Waals surface area contributed by atoms with Gasteiger partial charge in [-0.25, -0.2) is 4.98 Å². The van der Waals surface area contributed by atoms with E-state index in [2.05, 4.69) is 56.8 Å². The fraction of sp³-hybridized carbons (Fsp3) is 0.417. The van der Waals surface area contributed by atoms with Crippen molar-refractivity contribution < 1.29 is 9.47 Å². The number of hydrogen-bond donors (Lipinski definition) is 3. The fourth-order valence-electron chi connectivity index (χ4n) is 3.69. The Morgan fingerprint density at radius 1 is 1.26 bits per heavy atom. The van der Waals surface area contributed by atoms with E-state index >= 15 is 0 Å². The number of ether oxygens (including phenoxy) is 2. The number of aromatic nitrogens is 2. The van der Waals surface area contributed by atoms with Crippen molar-refractivity contribution in [3.63, 3.8) is 0 Å². The van der Waals surface area contributed by atoms with Gasteiger partial charge in [-0.2, -0.15) is 0 Å². The van der Waals surface area contributed by atoms with Gasteiger partial charge in [-0.15, -0.1) is 0 Å². The molecule has 2 heterocycles. The molecule has 7 nitrogen and oxygen atoms in total. The lowest BCUT2D eigenvalue weighted by atomic mass is 10.1. The quantitative estimate of drug-likeness (QED) is 0.295. The van der Waals surface area contributed by atoms with Crippen LogP contribution >= 0.6 is 0 Å². The first-order valence-electron chi connectivity index (χ1n) is 10.9. The average molecular weight is 422 g/mol. The van der Waals surface area contributed by atoms with Crippen LogP contribution in [0.3, 0.4) is 0 Å². The van der Waals surface area contributed by atoms with Crippen LogP contribution in [0.5, 0.6) is 5.75 Å². The van der Waals surface area contributed by atoms with Crippen LogP contribution in [0, 0.1) is 6.92 Å². The number of guanidine groups is 1. The summed E-state index contributed by atoms with van der Waals surface area (Å²) in [5.74, 6) is 2.71. The lowest BCUT2D eigenvalue weighted by Gasteiger charge is -2.18. The van der Waals surface area contributed by atoms with Gasteiger partial charge in [0.05, 0.1) is 24.2 Å². The van der Waals surface area contributed by atoms with Crippen LogP contribution in [0.15, 0.2) is 47.5 Å². The number of hydrogen-bond acceptors (Lipinski definition) is 4. The molecule has 2 aromatic carbocycles. The first-order chi connectivity index (χ1) is 15.2. The zero-order chi connectivity index (χ0) is 21.5. The van der Waals surface area contributed by atoms with Crippen molar-refractivity contribution in [2.45, 2.75) is 38.8 Å². The van der Waals surface area contributed by atoms with E-state index in [1.54, 1.807) is 7.05 Å². The second kappa shape index (κ2) is 10.3. The highest BCUT2D eigenvalue weighted by Gasteiger charge is 2.18. The number of fused-ring (bicyclic) bond motifs is 1. The van der Waals surface area contributed by atoms with Crippen molar-refractivity contribution in [2.24, 2.45) is 4.99 Å². The third kappa shape index (κ3) is 5.76. The monoisotopic (exact) mass is 421 g/mol. The number of para-hydroxylation sites is 2. The van der Waals surface area contributed by atoms with E-state index in [0.29, 0.717) is 13.2 Å². The van der Waals surface area contributed by atoms with Gasteiger partial charge in [0.25, 0.3) is 0 Å². The molecule has 31 heavy (non-hydrogen) atoms. The van der Waals surface area contributed by atoms with Crippen molar-refractivity contribution in [1.82, 2.24) is 20.6 Å². The Kier molecular flexibility index (Phi) is 7.04. The Balaban J connectivity index is 1.25. The molecular formula is C24H31N5O2. The number of aryl methyl sites for hydroxylation is 2. The van der Waals surface area contributed by atoms with Crippen LogP contribution in [-0.2, 0) is 17.7 Å². The van der Waals surface area contributed by atoms with Crippen molar-refractivity contribution in [3.8, 4) is 5.75 Å². The maximum absolute atomic E-state index is 6.19. The molecule has 1 aliphatic rings. The summed E-state index contributed by atoms with van der Waals surface area (Å²) >= 11 is 0. The molecule has 0 bridgehead atoms. The molecule has 1 aliphatic heterocycles. The van der Waals surface area contributed by atoms with Crippen molar-refractivity contribution in [1.29, 1.82) is 0 Å². The van der Waals surface area contributed by atoms with Crippen LogP contribution in [-0.4, -0.2) is 48.8 Å². The summed E-state index contributed by atoms with van der Waals surface area (Å²) < 4.78 is 11.6. The summed E-state index contributed by atoms with van der Waals surface area (Å²) in [6.45, 7) is 4.97. The summed E-state index contributed by atoms with van der Waals surface area (Å²) in [4.78, 5) is 12.4. The number of aliphatic imine (C=N–C) groups is 1. The summed E-state index contributed by atoms with van der Waals surface area (Å²) in [7, 11) is 1.79. The number of nitrogens with one attached hydrogen (secondary N) is 3. The minimum atomic E-state index is 0.135. The van der Waals surface area contributed by atoms with E-state index in [4.69, 9.17) is 9.47 Å². The molecule has 164 valence electrons.